The van der Waals surface area contributed by atoms with Gasteiger partial charge in [-0.1, -0.05) is 36.2 Å². The van der Waals surface area contributed by atoms with Gasteiger partial charge in [-0.2, -0.15) is 0 Å². The van der Waals surface area contributed by atoms with E-state index in [1.165, 1.54) is 6.42 Å². The molecule has 2 aliphatic rings. The maximum atomic E-state index is 10.6. The van der Waals surface area contributed by atoms with E-state index in [1.807, 2.05) is 25.1 Å². The lowest BCUT2D eigenvalue weighted by atomic mass is 9.97. The number of benzene rings is 1. The first kappa shape index (κ1) is 9.68. The van der Waals surface area contributed by atoms with Crippen LogP contribution >= 0.6 is 11.6 Å². The van der Waals surface area contributed by atoms with Crippen LogP contribution < -0.4 is 0 Å². The Morgan fingerprint density at radius 2 is 2.00 bits per heavy atom. The number of aliphatic hydroxyl groups is 1. The highest BCUT2D eigenvalue weighted by Crippen LogP contribution is 2.67. The summed E-state index contributed by atoms with van der Waals surface area (Å²) in [6.45, 7) is 1.99. The molecule has 1 aromatic rings. The van der Waals surface area contributed by atoms with E-state index in [0.717, 1.165) is 29.0 Å². The fourth-order valence-corrected chi connectivity index (χ4v) is 3.56. The lowest BCUT2D eigenvalue weighted by molar-refractivity contribution is 0.105. The first-order valence-corrected chi connectivity index (χ1v) is 6.01. The third-order valence-electron chi connectivity index (χ3n) is 4.16. The molecule has 2 saturated carbocycles. The molecule has 2 atom stereocenters. The summed E-state index contributed by atoms with van der Waals surface area (Å²) in [6, 6.07) is 5.96. The van der Waals surface area contributed by atoms with Crippen LogP contribution in [0.15, 0.2) is 18.2 Å². The number of aryl methyl sites for hydroxylation is 1. The highest BCUT2D eigenvalue weighted by atomic mass is 35.5. The van der Waals surface area contributed by atoms with Crippen LogP contribution in [0.4, 0.5) is 0 Å². The van der Waals surface area contributed by atoms with Crippen molar-refractivity contribution < 1.29 is 5.11 Å². The normalized spacial score (nSPS) is 37.8. The summed E-state index contributed by atoms with van der Waals surface area (Å²) in [5, 5.41) is 11.4. The Morgan fingerprint density at radius 1 is 1.33 bits per heavy atom. The summed E-state index contributed by atoms with van der Waals surface area (Å²) in [5.74, 6) is 0.939. The average Bonchev–Trinajstić information content (AvgIpc) is 2.67. The van der Waals surface area contributed by atoms with Crippen molar-refractivity contribution in [3.63, 3.8) is 0 Å². The van der Waals surface area contributed by atoms with Crippen LogP contribution in [0.2, 0.25) is 5.02 Å². The lowest BCUT2D eigenvalue weighted by Gasteiger charge is -2.17. The molecule has 2 heteroatoms. The molecule has 1 aromatic carbocycles. The van der Waals surface area contributed by atoms with Gasteiger partial charge in [0.05, 0.1) is 5.60 Å². The van der Waals surface area contributed by atoms with Crippen molar-refractivity contribution in [1.82, 2.24) is 0 Å². The average molecular weight is 223 g/mol. The van der Waals surface area contributed by atoms with Gasteiger partial charge in [-0.25, -0.2) is 0 Å². The molecule has 80 valence electrons. The van der Waals surface area contributed by atoms with Gasteiger partial charge in [0, 0.05) is 10.6 Å². The molecule has 15 heavy (non-hydrogen) atoms. The first-order valence-electron chi connectivity index (χ1n) is 5.63. The van der Waals surface area contributed by atoms with Crippen molar-refractivity contribution in [1.29, 1.82) is 0 Å². The molecule has 0 bridgehead atoms. The summed E-state index contributed by atoms with van der Waals surface area (Å²) in [4.78, 5) is 0. The van der Waals surface area contributed by atoms with Crippen molar-refractivity contribution in [2.75, 3.05) is 0 Å². The SMILES string of the molecule is Cc1cccc(C2(O)C3CCCC32)c1Cl. The van der Waals surface area contributed by atoms with Gasteiger partial charge >= 0.3 is 0 Å². The third kappa shape index (κ3) is 1.14. The molecule has 0 spiro atoms. The van der Waals surface area contributed by atoms with Gasteiger partial charge in [-0.05, 0) is 37.2 Å². The van der Waals surface area contributed by atoms with Gasteiger partial charge < -0.3 is 5.11 Å². The largest absolute Gasteiger partial charge is 0.385 e. The molecule has 0 amide bonds. The van der Waals surface area contributed by atoms with E-state index in [1.54, 1.807) is 0 Å². The van der Waals surface area contributed by atoms with Crippen molar-refractivity contribution in [3.05, 3.63) is 34.3 Å². The zero-order valence-corrected chi connectivity index (χ0v) is 9.59. The summed E-state index contributed by atoms with van der Waals surface area (Å²) < 4.78 is 0. The molecule has 2 aliphatic carbocycles. The molecule has 1 nitrogen and oxygen atoms in total. The Hall–Kier alpha value is -0.530. The molecule has 0 saturated heterocycles. The summed E-state index contributed by atoms with van der Waals surface area (Å²) in [5.41, 5.74) is 1.42. The van der Waals surface area contributed by atoms with Crippen molar-refractivity contribution in [3.8, 4) is 0 Å². The number of fused-ring (bicyclic) bond motifs is 1. The Bertz CT molecular complexity index is 403. The molecule has 0 aromatic heterocycles. The van der Waals surface area contributed by atoms with E-state index in [9.17, 15) is 5.11 Å². The lowest BCUT2D eigenvalue weighted by Crippen LogP contribution is -2.14. The molecular weight excluding hydrogens is 208 g/mol. The van der Waals surface area contributed by atoms with Gasteiger partial charge in [-0.15, -0.1) is 0 Å². The second-order valence-corrected chi connectivity index (χ2v) is 5.28. The highest BCUT2D eigenvalue weighted by molar-refractivity contribution is 6.32. The number of hydrogen-bond donors (Lipinski definition) is 1. The van der Waals surface area contributed by atoms with Crippen LogP contribution in [0.5, 0.6) is 0 Å². The molecule has 2 fully saturated rings. The fourth-order valence-electron chi connectivity index (χ4n) is 3.28. The van der Waals surface area contributed by atoms with Gasteiger partial charge in [0.15, 0.2) is 0 Å². The molecule has 0 radical (unpaired) electrons. The Balaban J connectivity index is 2.04. The van der Waals surface area contributed by atoms with Crippen LogP contribution in [0.1, 0.15) is 30.4 Å². The van der Waals surface area contributed by atoms with Gasteiger partial charge in [0.1, 0.15) is 0 Å². The van der Waals surface area contributed by atoms with E-state index >= 15 is 0 Å². The van der Waals surface area contributed by atoms with Crippen LogP contribution in [-0.4, -0.2) is 5.11 Å². The Labute approximate surface area is 95.1 Å². The standard InChI is InChI=1S/C13H15ClO/c1-8-4-2-7-11(12(8)14)13(15)9-5-3-6-10(9)13/h2,4,7,9-10,15H,3,5-6H2,1H3. The van der Waals surface area contributed by atoms with Crippen molar-refractivity contribution in [2.45, 2.75) is 31.8 Å². The number of hydrogen-bond acceptors (Lipinski definition) is 1. The number of halogens is 1. The van der Waals surface area contributed by atoms with E-state index < -0.39 is 5.60 Å². The maximum Gasteiger partial charge on any atom is 0.0974 e. The predicted molar refractivity (Wildman–Crippen MR) is 60.9 cm³/mol. The zero-order valence-electron chi connectivity index (χ0n) is 8.83. The molecule has 3 rings (SSSR count). The molecular formula is C13H15ClO. The smallest absolute Gasteiger partial charge is 0.0974 e. The molecule has 0 aliphatic heterocycles. The molecule has 2 unspecified atom stereocenters. The minimum Gasteiger partial charge on any atom is -0.385 e. The fraction of sp³-hybridized carbons (Fsp3) is 0.538. The van der Waals surface area contributed by atoms with Crippen LogP contribution in [0, 0.1) is 18.8 Å². The van der Waals surface area contributed by atoms with Crippen LogP contribution in [0.3, 0.4) is 0 Å². The summed E-state index contributed by atoms with van der Waals surface area (Å²) in [7, 11) is 0. The summed E-state index contributed by atoms with van der Waals surface area (Å²) >= 11 is 6.27. The van der Waals surface area contributed by atoms with Gasteiger partial charge in [0.25, 0.3) is 0 Å². The quantitative estimate of drug-likeness (QED) is 0.774. The minimum absolute atomic E-state index is 0.469. The topological polar surface area (TPSA) is 20.2 Å². The maximum absolute atomic E-state index is 10.6. The van der Waals surface area contributed by atoms with Crippen LogP contribution in [-0.2, 0) is 5.60 Å². The molecule has 1 N–H and O–H groups in total. The zero-order chi connectivity index (χ0) is 10.6. The highest BCUT2D eigenvalue weighted by Gasteiger charge is 2.66. The van der Waals surface area contributed by atoms with Gasteiger partial charge in [-0.3, -0.25) is 0 Å². The minimum atomic E-state index is -0.596. The van der Waals surface area contributed by atoms with E-state index in [0.29, 0.717) is 11.8 Å². The van der Waals surface area contributed by atoms with E-state index in [2.05, 4.69) is 0 Å². The van der Waals surface area contributed by atoms with Crippen molar-refractivity contribution >= 4 is 11.6 Å². The first-order chi connectivity index (χ1) is 7.15. The van der Waals surface area contributed by atoms with Gasteiger partial charge in [0.2, 0.25) is 0 Å². The number of rotatable bonds is 1. The molecule has 0 heterocycles. The van der Waals surface area contributed by atoms with Crippen LogP contribution in [0.25, 0.3) is 0 Å². The third-order valence-corrected chi connectivity index (χ3v) is 4.66. The Kier molecular flexibility index (Phi) is 1.93. The summed E-state index contributed by atoms with van der Waals surface area (Å²) in [6.07, 6.45) is 3.58. The Morgan fingerprint density at radius 3 is 2.67 bits per heavy atom. The second-order valence-electron chi connectivity index (χ2n) is 4.91. The predicted octanol–water partition coefficient (Wildman–Crippen LogP) is 3.27. The second kappa shape index (κ2) is 2.99. The van der Waals surface area contributed by atoms with Crippen molar-refractivity contribution in [2.24, 2.45) is 11.8 Å². The monoisotopic (exact) mass is 222 g/mol. The van der Waals surface area contributed by atoms with E-state index in [4.69, 9.17) is 11.6 Å². The van der Waals surface area contributed by atoms with E-state index in [-0.39, 0.29) is 0 Å².